The van der Waals surface area contributed by atoms with Crippen molar-refractivity contribution in [1.29, 1.82) is 0 Å². The van der Waals surface area contributed by atoms with Crippen molar-refractivity contribution in [2.45, 2.75) is 25.8 Å². The van der Waals surface area contributed by atoms with E-state index in [4.69, 9.17) is 0 Å². The zero-order chi connectivity index (χ0) is 9.80. The van der Waals surface area contributed by atoms with Crippen molar-refractivity contribution in [2.24, 2.45) is 0 Å². The molecule has 2 heterocycles. The van der Waals surface area contributed by atoms with Crippen LogP contribution in [0.3, 0.4) is 0 Å². The van der Waals surface area contributed by atoms with Crippen molar-refractivity contribution in [2.75, 3.05) is 18.1 Å². The molecule has 2 nitrogen and oxygen atoms in total. The Morgan fingerprint density at radius 3 is 3.21 bits per heavy atom. The van der Waals surface area contributed by atoms with E-state index in [0.29, 0.717) is 0 Å². The highest BCUT2D eigenvalue weighted by Gasteiger charge is 2.13. The maximum absolute atomic E-state index is 4.45. The minimum atomic E-state index is 0.751. The normalized spacial score (nSPS) is 21.6. The summed E-state index contributed by atoms with van der Waals surface area (Å²) in [4.78, 5) is 4.45. The molecule has 1 aliphatic heterocycles. The molecule has 1 atom stereocenters. The Morgan fingerprint density at radius 1 is 1.64 bits per heavy atom. The van der Waals surface area contributed by atoms with E-state index in [1.807, 2.05) is 0 Å². The molecule has 1 aromatic heterocycles. The first kappa shape index (κ1) is 10.5. The first-order chi connectivity index (χ1) is 6.84. The average molecular weight is 228 g/mol. The molecule has 0 spiro atoms. The number of aromatic nitrogens is 1. The highest BCUT2D eigenvalue weighted by atomic mass is 32.2. The van der Waals surface area contributed by atoms with Crippen LogP contribution in [0.4, 0.5) is 0 Å². The third-order valence-corrected chi connectivity index (χ3v) is 4.56. The van der Waals surface area contributed by atoms with Gasteiger partial charge in [0.05, 0.1) is 5.01 Å². The van der Waals surface area contributed by atoms with E-state index in [-0.39, 0.29) is 0 Å². The monoisotopic (exact) mass is 228 g/mol. The second-order valence-corrected chi connectivity index (χ2v) is 5.74. The summed E-state index contributed by atoms with van der Waals surface area (Å²) in [5, 5.41) is 6.98. The Balaban J connectivity index is 1.67. The van der Waals surface area contributed by atoms with Gasteiger partial charge in [-0.25, -0.2) is 4.98 Å². The molecule has 0 aromatic carbocycles. The molecular formula is C10H16N2S2. The molecule has 1 fully saturated rings. The Labute approximate surface area is 93.5 Å². The van der Waals surface area contributed by atoms with Crippen LogP contribution in [0, 0.1) is 6.92 Å². The van der Waals surface area contributed by atoms with Gasteiger partial charge in [-0.3, -0.25) is 0 Å². The van der Waals surface area contributed by atoms with Crippen molar-refractivity contribution in [3.63, 3.8) is 0 Å². The fourth-order valence-corrected chi connectivity index (χ4v) is 3.56. The van der Waals surface area contributed by atoms with Crippen molar-refractivity contribution >= 4 is 23.1 Å². The zero-order valence-corrected chi connectivity index (χ0v) is 10.1. The largest absolute Gasteiger partial charge is 0.313 e. The first-order valence-electron chi connectivity index (χ1n) is 5.07. The van der Waals surface area contributed by atoms with Crippen LogP contribution in [0.15, 0.2) is 5.38 Å². The van der Waals surface area contributed by atoms with Crippen LogP contribution in [0.5, 0.6) is 0 Å². The second-order valence-electron chi connectivity index (χ2n) is 3.65. The lowest BCUT2D eigenvalue weighted by Gasteiger charge is -2.09. The van der Waals surface area contributed by atoms with Gasteiger partial charge in [-0.1, -0.05) is 0 Å². The fraction of sp³-hybridized carbons (Fsp3) is 0.700. The van der Waals surface area contributed by atoms with Crippen molar-refractivity contribution in [1.82, 2.24) is 10.3 Å². The average Bonchev–Trinajstić information content (AvgIpc) is 2.77. The summed E-state index contributed by atoms with van der Waals surface area (Å²) < 4.78 is 0. The molecule has 0 amide bonds. The van der Waals surface area contributed by atoms with Crippen LogP contribution >= 0.6 is 23.1 Å². The molecule has 78 valence electrons. The van der Waals surface area contributed by atoms with Gasteiger partial charge in [0.25, 0.3) is 0 Å². The van der Waals surface area contributed by atoms with E-state index in [1.54, 1.807) is 11.3 Å². The molecular weight excluding hydrogens is 212 g/mol. The van der Waals surface area contributed by atoms with Gasteiger partial charge in [0.2, 0.25) is 0 Å². The Hall–Kier alpha value is -0.0600. The lowest BCUT2D eigenvalue weighted by molar-refractivity contribution is 0.560. The molecule has 1 aliphatic rings. The minimum Gasteiger partial charge on any atom is -0.313 e. The molecule has 0 saturated carbocycles. The maximum atomic E-state index is 4.45. The van der Waals surface area contributed by atoms with Gasteiger partial charge in [-0.15, -0.1) is 11.3 Å². The summed E-state index contributed by atoms with van der Waals surface area (Å²) in [6, 6.07) is 0.751. The number of hydrogen-bond donors (Lipinski definition) is 1. The zero-order valence-electron chi connectivity index (χ0n) is 8.45. The van der Waals surface area contributed by atoms with Gasteiger partial charge in [0, 0.05) is 35.8 Å². The number of aryl methyl sites for hydroxylation is 1. The Bertz CT molecular complexity index is 279. The lowest BCUT2D eigenvalue weighted by Crippen LogP contribution is -2.30. The van der Waals surface area contributed by atoms with Crippen LogP contribution in [0.2, 0.25) is 0 Å². The molecule has 0 bridgehead atoms. The molecule has 0 aliphatic carbocycles. The molecule has 2 rings (SSSR count). The first-order valence-corrected chi connectivity index (χ1v) is 7.10. The SMILES string of the molecule is Cc1csc(CCN[C@H]2CCSC2)n1. The predicted octanol–water partition coefficient (Wildman–Crippen LogP) is 2.09. The molecule has 1 saturated heterocycles. The summed E-state index contributed by atoms with van der Waals surface area (Å²) in [7, 11) is 0. The fourth-order valence-electron chi connectivity index (χ4n) is 1.60. The van der Waals surface area contributed by atoms with Crippen LogP contribution in [0.1, 0.15) is 17.1 Å². The number of thioether (sulfide) groups is 1. The molecule has 1 N–H and O–H groups in total. The van der Waals surface area contributed by atoms with Crippen molar-refractivity contribution in [3.05, 3.63) is 16.1 Å². The molecule has 0 unspecified atom stereocenters. The molecule has 1 aromatic rings. The van der Waals surface area contributed by atoms with Gasteiger partial charge in [-0.05, 0) is 19.1 Å². The highest BCUT2D eigenvalue weighted by molar-refractivity contribution is 7.99. The van der Waals surface area contributed by atoms with Gasteiger partial charge >= 0.3 is 0 Å². The maximum Gasteiger partial charge on any atom is 0.0940 e. The van der Waals surface area contributed by atoms with Crippen molar-refractivity contribution < 1.29 is 0 Å². The summed E-state index contributed by atoms with van der Waals surface area (Å²) >= 11 is 3.83. The molecule has 4 heteroatoms. The Kier molecular flexibility index (Phi) is 3.84. The van der Waals surface area contributed by atoms with Crippen LogP contribution in [-0.2, 0) is 6.42 Å². The molecule has 0 radical (unpaired) electrons. The number of nitrogens with zero attached hydrogens (tertiary/aromatic N) is 1. The third-order valence-electron chi connectivity index (χ3n) is 2.37. The predicted molar refractivity (Wildman–Crippen MR) is 64.3 cm³/mol. The number of thiazole rings is 1. The van der Waals surface area contributed by atoms with E-state index < -0.39 is 0 Å². The van der Waals surface area contributed by atoms with E-state index >= 15 is 0 Å². The number of rotatable bonds is 4. The number of nitrogens with one attached hydrogen (secondary N) is 1. The summed E-state index contributed by atoms with van der Waals surface area (Å²) in [6.07, 6.45) is 2.42. The second kappa shape index (κ2) is 5.14. The third kappa shape index (κ3) is 2.97. The lowest BCUT2D eigenvalue weighted by atomic mass is 10.2. The van der Waals surface area contributed by atoms with Gasteiger partial charge < -0.3 is 5.32 Å². The van der Waals surface area contributed by atoms with E-state index in [2.05, 4.69) is 34.4 Å². The summed E-state index contributed by atoms with van der Waals surface area (Å²) in [5.74, 6) is 2.62. The van der Waals surface area contributed by atoms with E-state index in [1.165, 1.54) is 22.9 Å². The minimum absolute atomic E-state index is 0.751. The Morgan fingerprint density at radius 2 is 2.57 bits per heavy atom. The van der Waals surface area contributed by atoms with Gasteiger partial charge in [-0.2, -0.15) is 11.8 Å². The van der Waals surface area contributed by atoms with Crippen molar-refractivity contribution in [3.8, 4) is 0 Å². The van der Waals surface area contributed by atoms with E-state index in [9.17, 15) is 0 Å². The highest BCUT2D eigenvalue weighted by Crippen LogP contribution is 2.17. The van der Waals surface area contributed by atoms with Crippen LogP contribution in [-0.4, -0.2) is 29.1 Å². The quantitative estimate of drug-likeness (QED) is 0.854. The van der Waals surface area contributed by atoms with Crippen LogP contribution in [0.25, 0.3) is 0 Å². The summed E-state index contributed by atoms with van der Waals surface area (Å²) in [6.45, 7) is 3.14. The summed E-state index contributed by atoms with van der Waals surface area (Å²) in [5.41, 5.74) is 1.15. The van der Waals surface area contributed by atoms with E-state index in [0.717, 1.165) is 24.7 Å². The molecule has 14 heavy (non-hydrogen) atoms. The van der Waals surface area contributed by atoms with Gasteiger partial charge in [0.15, 0.2) is 0 Å². The topological polar surface area (TPSA) is 24.9 Å². The number of hydrogen-bond acceptors (Lipinski definition) is 4. The standard InChI is InChI=1S/C10H16N2S2/c1-8-6-14-10(12-8)2-4-11-9-3-5-13-7-9/h6,9,11H,2-5,7H2,1H3/t9-/m0/s1. The van der Waals surface area contributed by atoms with Gasteiger partial charge in [0.1, 0.15) is 0 Å². The smallest absolute Gasteiger partial charge is 0.0940 e. The van der Waals surface area contributed by atoms with Crippen LogP contribution < -0.4 is 5.32 Å².